The van der Waals surface area contributed by atoms with Crippen LogP contribution in [0.1, 0.15) is 50.8 Å². The first-order valence-corrected chi connectivity index (χ1v) is 7.73. The Bertz CT molecular complexity index is 404. The van der Waals surface area contributed by atoms with Crippen molar-refractivity contribution in [2.75, 3.05) is 13.7 Å². The molecule has 0 heterocycles. The van der Waals surface area contributed by atoms with Crippen molar-refractivity contribution < 1.29 is 4.74 Å². The van der Waals surface area contributed by atoms with Crippen LogP contribution in [-0.2, 0) is 4.74 Å². The average Bonchev–Trinajstić information content (AvgIpc) is 2.37. The van der Waals surface area contributed by atoms with E-state index in [2.05, 4.69) is 67.1 Å². The zero-order valence-electron chi connectivity index (χ0n) is 12.7. The summed E-state index contributed by atoms with van der Waals surface area (Å²) in [6.45, 7) is 9.54. The first-order chi connectivity index (χ1) is 8.89. The molecular formula is C16H26BrNO. The number of benzene rings is 1. The summed E-state index contributed by atoms with van der Waals surface area (Å²) >= 11 is 3.67. The monoisotopic (exact) mass is 327 g/mol. The highest BCUT2D eigenvalue weighted by molar-refractivity contribution is 9.10. The van der Waals surface area contributed by atoms with E-state index in [0.717, 1.165) is 19.4 Å². The van der Waals surface area contributed by atoms with Crippen molar-refractivity contribution in [3.8, 4) is 0 Å². The van der Waals surface area contributed by atoms with Gasteiger partial charge in [0.15, 0.2) is 0 Å². The number of halogens is 1. The molecule has 0 saturated carbocycles. The Balaban J connectivity index is 2.85. The minimum Gasteiger partial charge on any atom is -0.379 e. The summed E-state index contributed by atoms with van der Waals surface area (Å²) in [5.41, 5.74) is 2.57. The molecule has 1 rings (SSSR count). The molecule has 0 aliphatic carbocycles. The van der Waals surface area contributed by atoms with E-state index in [4.69, 9.17) is 4.74 Å². The molecule has 0 aromatic heterocycles. The quantitative estimate of drug-likeness (QED) is 0.789. The van der Waals surface area contributed by atoms with Gasteiger partial charge in [0, 0.05) is 17.6 Å². The van der Waals surface area contributed by atoms with Gasteiger partial charge in [0.25, 0.3) is 0 Å². The molecule has 3 heteroatoms. The van der Waals surface area contributed by atoms with E-state index in [1.54, 1.807) is 7.11 Å². The van der Waals surface area contributed by atoms with Crippen LogP contribution in [0.5, 0.6) is 0 Å². The number of methoxy groups -OCH3 is 1. The molecule has 19 heavy (non-hydrogen) atoms. The summed E-state index contributed by atoms with van der Waals surface area (Å²) in [5, 5.41) is 3.58. The molecule has 0 fully saturated rings. The van der Waals surface area contributed by atoms with Crippen LogP contribution in [0, 0.1) is 6.92 Å². The third-order valence-corrected chi connectivity index (χ3v) is 4.29. The Kier molecular flexibility index (Phi) is 6.51. The Hall–Kier alpha value is -0.380. The van der Waals surface area contributed by atoms with Gasteiger partial charge in [-0.25, -0.2) is 0 Å². The minimum atomic E-state index is -0.0655. The summed E-state index contributed by atoms with van der Waals surface area (Å²) in [7, 11) is 1.78. The molecule has 0 saturated heterocycles. The summed E-state index contributed by atoms with van der Waals surface area (Å²) in [6.07, 6.45) is 2.10. The lowest BCUT2D eigenvalue weighted by molar-refractivity contribution is 0.0117. The molecule has 1 unspecified atom stereocenters. The number of ether oxygens (including phenoxy) is 1. The second-order valence-electron chi connectivity index (χ2n) is 5.64. The van der Waals surface area contributed by atoms with E-state index in [0.29, 0.717) is 6.04 Å². The lowest BCUT2D eigenvalue weighted by atomic mass is 9.94. The molecule has 0 bridgehead atoms. The SMILES string of the molecule is CCNC(CCC(C)(C)OC)c1cc(C)ccc1Br. The topological polar surface area (TPSA) is 21.3 Å². The van der Waals surface area contributed by atoms with Crippen molar-refractivity contribution in [1.82, 2.24) is 5.32 Å². The van der Waals surface area contributed by atoms with Crippen LogP contribution < -0.4 is 5.32 Å². The highest BCUT2D eigenvalue weighted by Gasteiger charge is 2.21. The van der Waals surface area contributed by atoms with E-state index < -0.39 is 0 Å². The van der Waals surface area contributed by atoms with Gasteiger partial charge < -0.3 is 10.1 Å². The maximum Gasteiger partial charge on any atom is 0.0623 e. The lowest BCUT2D eigenvalue weighted by Crippen LogP contribution is -2.27. The number of hydrogen-bond acceptors (Lipinski definition) is 2. The van der Waals surface area contributed by atoms with Crippen LogP contribution in [0.4, 0.5) is 0 Å². The highest BCUT2D eigenvalue weighted by Crippen LogP contribution is 2.30. The Morgan fingerprint density at radius 1 is 1.37 bits per heavy atom. The van der Waals surface area contributed by atoms with Crippen LogP contribution in [0.25, 0.3) is 0 Å². The van der Waals surface area contributed by atoms with Gasteiger partial charge in [0.05, 0.1) is 5.60 Å². The molecule has 1 N–H and O–H groups in total. The van der Waals surface area contributed by atoms with Crippen LogP contribution in [0.15, 0.2) is 22.7 Å². The smallest absolute Gasteiger partial charge is 0.0623 e. The second kappa shape index (κ2) is 7.41. The summed E-state index contributed by atoms with van der Waals surface area (Å²) in [4.78, 5) is 0. The van der Waals surface area contributed by atoms with E-state index in [1.165, 1.54) is 15.6 Å². The molecule has 1 aromatic carbocycles. The molecule has 1 atom stereocenters. The third-order valence-electron chi connectivity index (χ3n) is 3.57. The van der Waals surface area contributed by atoms with Gasteiger partial charge in [-0.2, -0.15) is 0 Å². The maximum absolute atomic E-state index is 5.52. The van der Waals surface area contributed by atoms with Crippen molar-refractivity contribution >= 4 is 15.9 Å². The van der Waals surface area contributed by atoms with Crippen molar-refractivity contribution in [3.05, 3.63) is 33.8 Å². The van der Waals surface area contributed by atoms with Crippen LogP contribution in [0.2, 0.25) is 0 Å². The minimum absolute atomic E-state index is 0.0655. The molecule has 0 amide bonds. The Morgan fingerprint density at radius 3 is 2.63 bits per heavy atom. The fourth-order valence-electron chi connectivity index (χ4n) is 2.14. The first kappa shape index (κ1) is 16.7. The van der Waals surface area contributed by atoms with Gasteiger partial charge in [-0.05, 0) is 51.8 Å². The van der Waals surface area contributed by atoms with Gasteiger partial charge in [-0.3, -0.25) is 0 Å². The van der Waals surface area contributed by atoms with E-state index in [-0.39, 0.29) is 5.60 Å². The molecule has 0 spiro atoms. The molecule has 1 aromatic rings. The Labute approximate surface area is 126 Å². The van der Waals surface area contributed by atoms with E-state index >= 15 is 0 Å². The molecule has 0 radical (unpaired) electrons. The van der Waals surface area contributed by atoms with Gasteiger partial charge in [-0.15, -0.1) is 0 Å². The van der Waals surface area contributed by atoms with Gasteiger partial charge >= 0.3 is 0 Å². The number of aryl methyl sites for hydroxylation is 1. The van der Waals surface area contributed by atoms with E-state index in [9.17, 15) is 0 Å². The standard InChI is InChI=1S/C16H26BrNO/c1-6-18-15(9-10-16(3,4)19-5)13-11-12(2)7-8-14(13)17/h7-8,11,15,18H,6,9-10H2,1-5H3. The Morgan fingerprint density at radius 2 is 2.05 bits per heavy atom. The third kappa shape index (κ3) is 5.25. The van der Waals surface area contributed by atoms with Crippen molar-refractivity contribution in [3.63, 3.8) is 0 Å². The molecular weight excluding hydrogens is 302 g/mol. The second-order valence-corrected chi connectivity index (χ2v) is 6.49. The highest BCUT2D eigenvalue weighted by atomic mass is 79.9. The predicted octanol–water partition coefficient (Wildman–Crippen LogP) is 4.61. The first-order valence-electron chi connectivity index (χ1n) is 6.94. The average molecular weight is 328 g/mol. The number of rotatable bonds is 7. The van der Waals surface area contributed by atoms with Gasteiger partial charge in [0.2, 0.25) is 0 Å². The normalized spacial score (nSPS) is 13.6. The summed E-state index contributed by atoms with van der Waals surface area (Å²) in [6, 6.07) is 6.90. The zero-order valence-corrected chi connectivity index (χ0v) is 14.3. The summed E-state index contributed by atoms with van der Waals surface area (Å²) in [5.74, 6) is 0. The summed E-state index contributed by atoms with van der Waals surface area (Å²) < 4.78 is 6.70. The zero-order chi connectivity index (χ0) is 14.5. The fourth-order valence-corrected chi connectivity index (χ4v) is 2.66. The lowest BCUT2D eigenvalue weighted by Gasteiger charge is -2.27. The fraction of sp³-hybridized carbons (Fsp3) is 0.625. The van der Waals surface area contributed by atoms with Crippen molar-refractivity contribution in [1.29, 1.82) is 0 Å². The van der Waals surface area contributed by atoms with E-state index in [1.807, 2.05) is 0 Å². The largest absolute Gasteiger partial charge is 0.379 e. The number of nitrogens with one attached hydrogen (secondary N) is 1. The number of hydrogen-bond donors (Lipinski definition) is 1. The molecule has 0 aliphatic heterocycles. The van der Waals surface area contributed by atoms with Crippen LogP contribution in [0.3, 0.4) is 0 Å². The molecule has 108 valence electrons. The molecule has 2 nitrogen and oxygen atoms in total. The van der Waals surface area contributed by atoms with Crippen LogP contribution >= 0.6 is 15.9 Å². The van der Waals surface area contributed by atoms with Crippen molar-refractivity contribution in [2.24, 2.45) is 0 Å². The van der Waals surface area contributed by atoms with Crippen LogP contribution in [-0.4, -0.2) is 19.3 Å². The van der Waals surface area contributed by atoms with Gasteiger partial charge in [0.1, 0.15) is 0 Å². The van der Waals surface area contributed by atoms with Crippen molar-refractivity contribution in [2.45, 2.75) is 52.2 Å². The predicted molar refractivity (Wildman–Crippen MR) is 85.6 cm³/mol. The maximum atomic E-state index is 5.52. The molecule has 0 aliphatic rings. The van der Waals surface area contributed by atoms with Gasteiger partial charge in [-0.1, -0.05) is 40.5 Å².